The number of nitrogens with two attached hydrogens (primary N) is 1. The minimum Gasteiger partial charge on any atom is -0.508 e. The summed E-state index contributed by atoms with van der Waals surface area (Å²) in [5.41, 5.74) is 4.11. The predicted octanol–water partition coefficient (Wildman–Crippen LogP) is 1.75. The number of likely N-dealkylation sites (N-methyl/N-ethyl adjacent to an activating group) is 1. The van der Waals surface area contributed by atoms with Gasteiger partial charge in [0.15, 0.2) is 11.4 Å². The van der Waals surface area contributed by atoms with Crippen LogP contribution in [0, 0.1) is 11.8 Å². The highest BCUT2D eigenvalue weighted by Crippen LogP contribution is 2.54. The molecule has 1 fully saturated rings. The minimum atomic E-state index is -2.72. The summed E-state index contributed by atoms with van der Waals surface area (Å²) in [5, 5.41) is 45.9. The SMILES string of the molecule is CN(C)c1cc(CCC(=O)OCCc2ccccc2)c(O)c2c1C[C@H]1C[C@H]3C(N(C)C)C(=O)C(C(N)=O)=C(O)[C@@]3(O)C(=O)C1=C2O. The van der Waals surface area contributed by atoms with Crippen LogP contribution in [0.5, 0.6) is 5.75 Å². The van der Waals surface area contributed by atoms with Gasteiger partial charge in [0.1, 0.15) is 22.8 Å². The van der Waals surface area contributed by atoms with Gasteiger partial charge in [0.2, 0.25) is 5.78 Å². The molecular weight excluding hydrogens is 594 g/mol. The lowest BCUT2D eigenvalue weighted by Gasteiger charge is -2.50. The van der Waals surface area contributed by atoms with Gasteiger partial charge in [-0.3, -0.25) is 24.1 Å². The Morgan fingerprint density at radius 2 is 1.72 bits per heavy atom. The van der Waals surface area contributed by atoms with Crippen LogP contribution in [0.15, 0.2) is 53.3 Å². The highest BCUT2D eigenvalue weighted by molar-refractivity contribution is 6.24. The molecule has 3 aliphatic carbocycles. The lowest BCUT2D eigenvalue weighted by molar-refractivity contribution is -0.153. The second-order valence-electron chi connectivity index (χ2n) is 12.6. The number of ketones is 2. The molecule has 0 saturated heterocycles. The Morgan fingerprint density at radius 3 is 2.33 bits per heavy atom. The van der Waals surface area contributed by atoms with Gasteiger partial charge < -0.3 is 35.8 Å². The number of aromatic hydroxyl groups is 1. The zero-order chi connectivity index (χ0) is 33.7. The fraction of sp³-hybridized carbons (Fsp3) is 0.412. The molecule has 1 unspecified atom stereocenters. The molecule has 0 radical (unpaired) electrons. The number of phenolic OH excluding ortho intramolecular Hbond substituents is 1. The molecule has 0 heterocycles. The van der Waals surface area contributed by atoms with Crippen LogP contribution in [0.2, 0.25) is 0 Å². The number of hydrogen-bond acceptors (Lipinski definition) is 11. The lowest BCUT2D eigenvalue weighted by Crippen LogP contribution is -2.65. The molecule has 2 aromatic carbocycles. The lowest BCUT2D eigenvalue weighted by atomic mass is 9.57. The van der Waals surface area contributed by atoms with Crippen molar-refractivity contribution in [3.8, 4) is 5.75 Å². The van der Waals surface area contributed by atoms with Crippen LogP contribution in [0.3, 0.4) is 0 Å². The average molecular weight is 634 g/mol. The number of hydrogen-bond donors (Lipinski definition) is 5. The quantitative estimate of drug-likeness (QED) is 0.200. The number of aliphatic hydroxyl groups excluding tert-OH is 2. The summed E-state index contributed by atoms with van der Waals surface area (Å²) in [6, 6.07) is 10.1. The Hall–Kier alpha value is -4.68. The first-order valence-corrected chi connectivity index (χ1v) is 15.1. The normalized spacial score (nSPS) is 24.0. The molecule has 12 heteroatoms. The average Bonchev–Trinajstić information content (AvgIpc) is 2.98. The topological polar surface area (TPSA) is 191 Å². The van der Waals surface area contributed by atoms with Gasteiger partial charge in [-0.05, 0) is 62.0 Å². The van der Waals surface area contributed by atoms with Crippen LogP contribution in [0.25, 0.3) is 5.76 Å². The molecule has 3 aliphatic rings. The smallest absolute Gasteiger partial charge is 0.306 e. The molecule has 4 atom stereocenters. The molecule has 0 aliphatic heterocycles. The Labute approximate surface area is 266 Å². The molecule has 46 heavy (non-hydrogen) atoms. The largest absolute Gasteiger partial charge is 0.508 e. The number of carbonyl (C=O) groups excluding carboxylic acids is 4. The van der Waals surface area contributed by atoms with Crippen molar-refractivity contribution in [2.24, 2.45) is 17.6 Å². The number of amides is 1. The Morgan fingerprint density at radius 1 is 1.04 bits per heavy atom. The summed E-state index contributed by atoms with van der Waals surface area (Å²) in [4.78, 5) is 55.4. The molecule has 6 N–H and O–H groups in total. The first kappa shape index (κ1) is 32.7. The number of esters is 1. The maximum atomic E-state index is 14.1. The number of benzene rings is 2. The van der Waals surface area contributed by atoms with Crippen LogP contribution in [0.4, 0.5) is 5.69 Å². The maximum Gasteiger partial charge on any atom is 0.306 e. The zero-order valence-corrected chi connectivity index (χ0v) is 26.2. The molecule has 5 rings (SSSR count). The number of carbonyl (C=O) groups is 4. The fourth-order valence-electron chi connectivity index (χ4n) is 7.17. The van der Waals surface area contributed by atoms with Crippen LogP contribution >= 0.6 is 0 Å². The van der Waals surface area contributed by atoms with E-state index < -0.39 is 64.0 Å². The summed E-state index contributed by atoms with van der Waals surface area (Å²) < 4.78 is 5.38. The number of aryl methyl sites for hydroxylation is 1. The third-order valence-electron chi connectivity index (χ3n) is 9.35. The van der Waals surface area contributed by atoms with E-state index in [1.165, 1.54) is 4.90 Å². The van der Waals surface area contributed by atoms with E-state index in [1.807, 2.05) is 30.3 Å². The molecule has 0 aromatic heterocycles. The molecule has 1 amide bonds. The number of anilines is 1. The van der Waals surface area contributed by atoms with Crippen molar-refractivity contribution in [1.82, 2.24) is 4.90 Å². The molecular formula is C34H39N3O9. The van der Waals surface area contributed by atoms with Crippen LogP contribution < -0.4 is 10.6 Å². The van der Waals surface area contributed by atoms with E-state index in [9.17, 15) is 39.6 Å². The number of primary amides is 1. The first-order chi connectivity index (χ1) is 21.7. The molecule has 0 bridgehead atoms. The molecule has 12 nitrogen and oxygen atoms in total. The maximum absolute atomic E-state index is 14.1. The fourth-order valence-corrected chi connectivity index (χ4v) is 7.17. The number of nitrogens with zero attached hydrogens (tertiary/aromatic N) is 2. The van der Waals surface area contributed by atoms with Gasteiger partial charge in [-0.1, -0.05) is 30.3 Å². The summed E-state index contributed by atoms with van der Waals surface area (Å²) in [7, 11) is 6.67. The van der Waals surface area contributed by atoms with Crippen molar-refractivity contribution >= 4 is 34.9 Å². The second kappa shape index (κ2) is 12.3. The number of Topliss-reactive ketones (excluding diaryl/α,β-unsaturated/α-hetero) is 2. The number of aliphatic hydroxyl groups is 3. The van der Waals surface area contributed by atoms with Gasteiger partial charge >= 0.3 is 5.97 Å². The van der Waals surface area contributed by atoms with Gasteiger partial charge in [-0.15, -0.1) is 0 Å². The van der Waals surface area contributed by atoms with Crippen molar-refractivity contribution in [2.75, 3.05) is 39.7 Å². The highest BCUT2D eigenvalue weighted by Gasteiger charge is 2.64. The van der Waals surface area contributed by atoms with Gasteiger partial charge in [0.25, 0.3) is 5.91 Å². The molecule has 1 saturated carbocycles. The third kappa shape index (κ3) is 5.31. The standard InChI is InChI=1S/C34H39N3O9/c1-36(2)22-16-18(10-11-23(38)46-13-12-17-8-6-5-7-9-17)28(39)25-20(22)14-19-15-21-27(37(3)4)30(41)26(33(35)44)32(43)34(21,45)31(42)24(19)29(25)40/h5-9,16,19,21,27,39-40,43,45H,10-15H2,1-4H3,(H2,35,44)/t19-,21-,27?,34-/m0/s1. The summed E-state index contributed by atoms with van der Waals surface area (Å²) in [6.45, 7) is 0.196. The molecule has 244 valence electrons. The van der Waals surface area contributed by atoms with Crippen molar-refractivity contribution in [2.45, 2.75) is 43.7 Å². The van der Waals surface area contributed by atoms with Crippen LogP contribution in [-0.2, 0) is 43.2 Å². The number of fused-ring (bicyclic) bond motifs is 3. The van der Waals surface area contributed by atoms with E-state index in [1.54, 1.807) is 39.2 Å². The van der Waals surface area contributed by atoms with Crippen LogP contribution in [0.1, 0.15) is 35.1 Å². The number of phenols is 1. The summed E-state index contributed by atoms with van der Waals surface area (Å²) >= 11 is 0. The van der Waals surface area contributed by atoms with Gasteiger partial charge in [0.05, 0.1) is 18.2 Å². The Balaban J connectivity index is 1.50. The van der Waals surface area contributed by atoms with E-state index in [0.29, 0.717) is 23.2 Å². The minimum absolute atomic E-state index is 0.00400. The molecule has 0 spiro atoms. The summed E-state index contributed by atoms with van der Waals surface area (Å²) in [5.74, 6) is -7.53. The first-order valence-electron chi connectivity index (χ1n) is 15.1. The number of rotatable bonds is 9. The zero-order valence-electron chi connectivity index (χ0n) is 26.2. The second-order valence-corrected chi connectivity index (χ2v) is 12.6. The van der Waals surface area contributed by atoms with E-state index >= 15 is 0 Å². The van der Waals surface area contributed by atoms with Crippen molar-refractivity contribution < 1.29 is 44.3 Å². The predicted molar refractivity (Wildman–Crippen MR) is 168 cm³/mol. The van der Waals surface area contributed by atoms with E-state index in [0.717, 1.165) is 5.56 Å². The van der Waals surface area contributed by atoms with Crippen LogP contribution in [-0.4, -0.2) is 95.2 Å². The van der Waals surface area contributed by atoms with Gasteiger partial charge in [-0.2, -0.15) is 0 Å². The third-order valence-corrected chi connectivity index (χ3v) is 9.35. The molecule has 2 aromatic rings. The van der Waals surface area contributed by atoms with Crippen molar-refractivity contribution in [1.29, 1.82) is 0 Å². The number of ether oxygens (including phenoxy) is 1. The van der Waals surface area contributed by atoms with E-state index in [2.05, 4.69) is 0 Å². The Kier molecular flexibility index (Phi) is 8.71. The van der Waals surface area contributed by atoms with Gasteiger partial charge in [-0.25, -0.2) is 0 Å². The van der Waals surface area contributed by atoms with Crippen molar-refractivity contribution in [3.05, 3.63) is 75.6 Å². The monoisotopic (exact) mass is 633 g/mol. The Bertz CT molecular complexity index is 1680. The van der Waals surface area contributed by atoms with Crippen molar-refractivity contribution in [3.63, 3.8) is 0 Å². The highest BCUT2D eigenvalue weighted by atomic mass is 16.5. The van der Waals surface area contributed by atoms with E-state index in [4.69, 9.17) is 10.5 Å². The summed E-state index contributed by atoms with van der Waals surface area (Å²) in [6.07, 6.45) is 0.741. The van der Waals surface area contributed by atoms with Gasteiger partial charge in [0, 0.05) is 44.1 Å². The van der Waals surface area contributed by atoms with E-state index in [-0.39, 0.29) is 49.2 Å².